The standard InChI is InChI=1S/C19H24N2O4S/c1-4-21(26(3,23)24)17-10-12-18(13-11-17)25-15-19(22)20(2)14-16-8-6-5-7-9-16/h5-13H,4,14-15H2,1-3H3. The highest BCUT2D eigenvalue weighted by Gasteiger charge is 2.15. The minimum atomic E-state index is -3.32. The van der Waals surface area contributed by atoms with Gasteiger partial charge in [0.1, 0.15) is 5.75 Å². The lowest BCUT2D eigenvalue weighted by molar-refractivity contribution is -0.132. The summed E-state index contributed by atoms with van der Waals surface area (Å²) in [5.41, 5.74) is 1.61. The van der Waals surface area contributed by atoms with E-state index in [1.165, 1.54) is 10.6 Å². The van der Waals surface area contributed by atoms with Gasteiger partial charge in [0.15, 0.2) is 6.61 Å². The van der Waals surface area contributed by atoms with Crippen LogP contribution < -0.4 is 9.04 Å². The summed E-state index contributed by atoms with van der Waals surface area (Å²) in [6.07, 6.45) is 1.17. The van der Waals surface area contributed by atoms with Crippen LogP contribution in [0.1, 0.15) is 12.5 Å². The number of anilines is 1. The van der Waals surface area contributed by atoms with Gasteiger partial charge in [0.2, 0.25) is 10.0 Å². The SMILES string of the molecule is CCN(c1ccc(OCC(=O)N(C)Cc2ccccc2)cc1)S(C)(=O)=O. The largest absolute Gasteiger partial charge is 0.484 e. The second-order valence-electron chi connectivity index (χ2n) is 5.95. The minimum Gasteiger partial charge on any atom is -0.484 e. The summed E-state index contributed by atoms with van der Waals surface area (Å²) in [4.78, 5) is 13.8. The molecule has 0 aliphatic heterocycles. The van der Waals surface area contributed by atoms with Gasteiger partial charge in [0.05, 0.1) is 11.9 Å². The fourth-order valence-electron chi connectivity index (χ4n) is 2.52. The number of carbonyl (C=O) groups excluding carboxylic acids is 1. The van der Waals surface area contributed by atoms with Crippen molar-refractivity contribution in [2.45, 2.75) is 13.5 Å². The molecule has 6 nitrogen and oxygen atoms in total. The molecule has 0 aliphatic rings. The molecule has 2 aromatic rings. The van der Waals surface area contributed by atoms with Gasteiger partial charge in [-0.2, -0.15) is 0 Å². The second-order valence-corrected chi connectivity index (χ2v) is 7.85. The molecule has 0 atom stereocenters. The molecule has 2 aromatic carbocycles. The fourth-order valence-corrected chi connectivity index (χ4v) is 3.49. The lowest BCUT2D eigenvalue weighted by Crippen LogP contribution is -2.31. The normalized spacial score (nSPS) is 11.0. The van der Waals surface area contributed by atoms with E-state index in [-0.39, 0.29) is 12.5 Å². The van der Waals surface area contributed by atoms with Crippen molar-refractivity contribution < 1.29 is 17.9 Å². The summed E-state index contributed by atoms with van der Waals surface area (Å²) in [6, 6.07) is 16.4. The summed E-state index contributed by atoms with van der Waals surface area (Å²) < 4.78 is 30.3. The lowest BCUT2D eigenvalue weighted by Gasteiger charge is -2.21. The molecule has 2 rings (SSSR count). The number of ether oxygens (including phenoxy) is 1. The van der Waals surface area contributed by atoms with Crippen molar-refractivity contribution in [2.75, 3.05) is 30.8 Å². The van der Waals surface area contributed by atoms with Crippen molar-refractivity contribution in [3.05, 3.63) is 60.2 Å². The van der Waals surface area contributed by atoms with Gasteiger partial charge in [-0.15, -0.1) is 0 Å². The maximum Gasteiger partial charge on any atom is 0.260 e. The van der Waals surface area contributed by atoms with Crippen molar-refractivity contribution in [3.8, 4) is 5.75 Å². The smallest absolute Gasteiger partial charge is 0.260 e. The van der Waals surface area contributed by atoms with E-state index < -0.39 is 10.0 Å². The van der Waals surface area contributed by atoms with Crippen LogP contribution in [0.25, 0.3) is 0 Å². The first-order valence-electron chi connectivity index (χ1n) is 8.29. The number of hydrogen-bond donors (Lipinski definition) is 0. The van der Waals surface area contributed by atoms with E-state index in [0.29, 0.717) is 24.5 Å². The Hall–Kier alpha value is -2.54. The molecule has 140 valence electrons. The van der Waals surface area contributed by atoms with Gasteiger partial charge < -0.3 is 9.64 Å². The molecule has 0 aromatic heterocycles. The van der Waals surface area contributed by atoms with E-state index in [1.807, 2.05) is 30.3 Å². The number of amides is 1. The zero-order chi connectivity index (χ0) is 19.2. The van der Waals surface area contributed by atoms with Gasteiger partial charge in [0, 0.05) is 20.1 Å². The highest BCUT2D eigenvalue weighted by molar-refractivity contribution is 7.92. The molecule has 0 bridgehead atoms. The predicted octanol–water partition coefficient (Wildman–Crippen LogP) is 2.51. The average molecular weight is 376 g/mol. The van der Waals surface area contributed by atoms with Crippen molar-refractivity contribution in [1.29, 1.82) is 0 Å². The van der Waals surface area contributed by atoms with Crippen LogP contribution in [-0.4, -0.2) is 45.7 Å². The van der Waals surface area contributed by atoms with E-state index in [4.69, 9.17) is 4.74 Å². The van der Waals surface area contributed by atoms with E-state index >= 15 is 0 Å². The Morgan fingerprint density at radius 3 is 2.19 bits per heavy atom. The summed E-state index contributed by atoms with van der Waals surface area (Å²) >= 11 is 0. The van der Waals surface area contributed by atoms with Crippen LogP contribution in [-0.2, 0) is 21.4 Å². The third-order valence-corrected chi connectivity index (χ3v) is 5.13. The average Bonchev–Trinajstić information content (AvgIpc) is 2.61. The predicted molar refractivity (Wildman–Crippen MR) is 103 cm³/mol. The van der Waals surface area contributed by atoms with Crippen LogP contribution in [0.2, 0.25) is 0 Å². The number of benzene rings is 2. The van der Waals surface area contributed by atoms with Crippen LogP contribution in [0.4, 0.5) is 5.69 Å². The Morgan fingerprint density at radius 1 is 1.04 bits per heavy atom. The highest BCUT2D eigenvalue weighted by atomic mass is 32.2. The van der Waals surface area contributed by atoms with Crippen LogP contribution >= 0.6 is 0 Å². The number of carbonyl (C=O) groups is 1. The molecule has 0 heterocycles. The third kappa shape index (κ3) is 5.49. The molecular formula is C19H24N2O4S. The zero-order valence-corrected chi connectivity index (χ0v) is 16.1. The molecule has 0 fully saturated rings. The van der Waals surface area contributed by atoms with Crippen molar-refractivity contribution in [3.63, 3.8) is 0 Å². The Bertz CT molecular complexity index is 820. The van der Waals surface area contributed by atoms with Crippen LogP contribution in [0.15, 0.2) is 54.6 Å². The molecule has 0 unspecified atom stereocenters. The van der Waals surface area contributed by atoms with Crippen LogP contribution in [0.3, 0.4) is 0 Å². The van der Waals surface area contributed by atoms with E-state index in [9.17, 15) is 13.2 Å². The van der Waals surface area contributed by atoms with E-state index in [1.54, 1.807) is 43.1 Å². The first kappa shape index (κ1) is 19.8. The maximum atomic E-state index is 12.2. The monoisotopic (exact) mass is 376 g/mol. The molecule has 0 saturated heterocycles. The molecule has 26 heavy (non-hydrogen) atoms. The van der Waals surface area contributed by atoms with E-state index in [2.05, 4.69) is 0 Å². The third-order valence-electron chi connectivity index (χ3n) is 3.86. The number of nitrogens with zero attached hydrogens (tertiary/aromatic N) is 2. The van der Waals surface area contributed by atoms with Crippen LogP contribution in [0, 0.1) is 0 Å². The second kappa shape index (κ2) is 8.71. The summed E-state index contributed by atoms with van der Waals surface area (Å²) in [5.74, 6) is 0.379. The van der Waals surface area contributed by atoms with Gasteiger partial charge in [-0.25, -0.2) is 8.42 Å². The van der Waals surface area contributed by atoms with Gasteiger partial charge in [-0.05, 0) is 36.8 Å². The fraction of sp³-hybridized carbons (Fsp3) is 0.316. The van der Waals surface area contributed by atoms with Crippen molar-refractivity contribution >= 4 is 21.6 Å². The molecule has 0 spiro atoms. The quantitative estimate of drug-likeness (QED) is 0.710. The van der Waals surface area contributed by atoms with Gasteiger partial charge in [0.25, 0.3) is 5.91 Å². The summed E-state index contributed by atoms with van der Waals surface area (Å²) in [7, 11) is -1.59. The maximum absolute atomic E-state index is 12.2. The number of likely N-dealkylation sites (N-methyl/N-ethyl adjacent to an activating group) is 1. The number of rotatable bonds is 8. The van der Waals surface area contributed by atoms with Crippen molar-refractivity contribution in [2.24, 2.45) is 0 Å². The van der Waals surface area contributed by atoms with Gasteiger partial charge >= 0.3 is 0 Å². The molecule has 1 amide bonds. The summed E-state index contributed by atoms with van der Waals surface area (Å²) in [5, 5.41) is 0. The number of sulfonamides is 1. The topological polar surface area (TPSA) is 66.9 Å². The minimum absolute atomic E-state index is 0.0771. The molecular weight excluding hydrogens is 352 g/mol. The Kier molecular flexibility index (Phi) is 6.63. The van der Waals surface area contributed by atoms with Crippen LogP contribution in [0.5, 0.6) is 5.75 Å². The zero-order valence-electron chi connectivity index (χ0n) is 15.3. The molecule has 0 saturated carbocycles. The molecule has 7 heteroatoms. The first-order valence-corrected chi connectivity index (χ1v) is 10.1. The Morgan fingerprint density at radius 2 is 1.65 bits per heavy atom. The first-order chi connectivity index (χ1) is 12.3. The van der Waals surface area contributed by atoms with E-state index in [0.717, 1.165) is 5.56 Å². The van der Waals surface area contributed by atoms with Gasteiger partial charge in [-0.3, -0.25) is 9.10 Å². The highest BCUT2D eigenvalue weighted by Crippen LogP contribution is 2.21. The Labute approximate surface area is 155 Å². The molecule has 0 radical (unpaired) electrons. The molecule has 0 aliphatic carbocycles. The lowest BCUT2D eigenvalue weighted by atomic mass is 10.2. The van der Waals surface area contributed by atoms with Gasteiger partial charge in [-0.1, -0.05) is 30.3 Å². The summed E-state index contributed by atoms with van der Waals surface area (Å²) in [6.45, 7) is 2.56. The number of hydrogen-bond acceptors (Lipinski definition) is 4. The van der Waals surface area contributed by atoms with Crippen molar-refractivity contribution in [1.82, 2.24) is 4.90 Å². The Balaban J connectivity index is 1.92. The molecule has 0 N–H and O–H groups in total.